The topological polar surface area (TPSA) is 84.6 Å². The second-order valence-corrected chi connectivity index (χ2v) is 7.09. The lowest BCUT2D eigenvalue weighted by Gasteiger charge is -2.40. The van der Waals surface area contributed by atoms with Crippen molar-refractivity contribution in [3.63, 3.8) is 0 Å². The van der Waals surface area contributed by atoms with Gasteiger partial charge in [-0.3, -0.25) is 4.99 Å². The average molecular weight is 483 g/mol. The molecular weight excluding hydrogens is 457 g/mol. The van der Waals surface area contributed by atoms with Crippen LogP contribution in [0.15, 0.2) is 33.8 Å². The number of aliphatic imine (C=N–C) groups is 1. The molecule has 27 heavy (non-hydrogen) atoms. The van der Waals surface area contributed by atoms with Crippen LogP contribution in [0.4, 0.5) is 0 Å². The van der Waals surface area contributed by atoms with Crippen molar-refractivity contribution in [2.45, 2.75) is 57.2 Å². The summed E-state index contributed by atoms with van der Waals surface area (Å²) in [4.78, 5) is 8.57. The summed E-state index contributed by atoms with van der Waals surface area (Å²) in [6, 6.07) is 8.46. The number of aromatic nitrogens is 2. The maximum atomic E-state index is 6.43. The van der Waals surface area contributed by atoms with Crippen LogP contribution in [0.5, 0.6) is 5.75 Å². The first kappa shape index (κ1) is 19.9. The fourth-order valence-corrected chi connectivity index (χ4v) is 4.01. The molecule has 1 saturated carbocycles. The zero-order valence-electron chi connectivity index (χ0n) is 15.7. The summed E-state index contributed by atoms with van der Waals surface area (Å²) in [6.07, 6.45) is 5.66. The monoisotopic (exact) mass is 483 g/mol. The lowest BCUT2D eigenvalue weighted by molar-refractivity contribution is 0.0396. The molecule has 1 unspecified atom stereocenters. The molecule has 1 fully saturated rings. The van der Waals surface area contributed by atoms with Crippen LogP contribution in [-0.4, -0.2) is 28.7 Å². The standard InChI is InChI=1S/C19H25N5O2.HI/c1-13-22-17(24-26-13)12-21-18(20-2)23-15-11-19(9-5-6-10-19)25-16-8-4-3-7-14(15)16;/h3-4,7-8,15H,5-6,9-12H2,1-2H3,(H2,20,21,23);1H. The first-order valence-corrected chi connectivity index (χ1v) is 9.22. The highest BCUT2D eigenvalue weighted by atomic mass is 127. The van der Waals surface area contributed by atoms with Gasteiger partial charge < -0.3 is 19.9 Å². The van der Waals surface area contributed by atoms with Gasteiger partial charge >= 0.3 is 0 Å². The fraction of sp³-hybridized carbons (Fsp3) is 0.526. The van der Waals surface area contributed by atoms with Crippen LogP contribution in [0.25, 0.3) is 0 Å². The van der Waals surface area contributed by atoms with E-state index < -0.39 is 0 Å². The Morgan fingerprint density at radius 2 is 2.07 bits per heavy atom. The summed E-state index contributed by atoms with van der Waals surface area (Å²) in [7, 11) is 1.77. The largest absolute Gasteiger partial charge is 0.487 e. The minimum atomic E-state index is -0.0460. The second-order valence-electron chi connectivity index (χ2n) is 7.09. The van der Waals surface area contributed by atoms with Crippen molar-refractivity contribution in [2.24, 2.45) is 4.99 Å². The second kappa shape index (κ2) is 8.45. The lowest BCUT2D eigenvalue weighted by Crippen LogP contribution is -2.46. The molecule has 2 N–H and O–H groups in total. The number of benzene rings is 1. The van der Waals surface area contributed by atoms with Gasteiger partial charge in [-0.2, -0.15) is 4.98 Å². The van der Waals surface area contributed by atoms with Crippen LogP contribution >= 0.6 is 24.0 Å². The Hall–Kier alpha value is -1.84. The van der Waals surface area contributed by atoms with Gasteiger partial charge in [0.25, 0.3) is 0 Å². The number of nitrogens with one attached hydrogen (secondary N) is 2. The number of fused-ring (bicyclic) bond motifs is 1. The van der Waals surface area contributed by atoms with Gasteiger partial charge in [-0.25, -0.2) is 0 Å². The molecule has 0 amide bonds. The first-order chi connectivity index (χ1) is 12.7. The van der Waals surface area contributed by atoms with Crippen molar-refractivity contribution in [1.29, 1.82) is 0 Å². The quantitative estimate of drug-likeness (QED) is 0.395. The van der Waals surface area contributed by atoms with Crippen molar-refractivity contribution < 1.29 is 9.26 Å². The first-order valence-electron chi connectivity index (χ1n) is 9.22. The minimum Gasteiger partial charge on any atom is -0.487 e. The van der Waals surface area contributed by atoms with Gasteiger partial charge in [0.05, 0.1) is 12.6 Å². The molecule has 1 aromatic heterocycles. The highest BCUT2D eigenvalue weighted by Crippen LogP contribution is 2.46. The van der Waals surface area contributed by atoms with Crippen LogP contribution < -0.4 is 15.4 Å². The van der Waals surface area contributed by atoms with E-state index in [0.29, 0.717) is 18.3 Å². The fourth-order valence-electron chi connectivity index (χ4n) is 4.01. The Kier molecular flexibility index (Phi) is 6.23. The molecule has 0 saturated heterocycles. The molecule has 2 heterocycles. The molecule has 1 aromatic carbocycles. The van der Waals surface area contributed by atoms with Gasteiger partial charge in [-0.1, -0.05) is 23.4 Å². The Bertz CT molecular complexity index is 801. The summed E-state index contributed by atoms with van der Waals surface area (Å²) < 4.78 is 11.4. The van der Waals surface area contributed by atoms with E-state index in [4.69, 9.17) is 9.26 Å². The zero-order chi connectivity index (χ0) is 18.0. The number of halogens is 1. The van der Waals surface area contributed by atoms with Crippen molar-refractivity contribution >= 4 is 29.9 Å². The van der Waals surface area contributed by atoms with E-state index in [9.17, 15) is 0 Å². The third-order valence-electron chi connectivity index (χ3n) is 5.23. The summed E-state index contributed by atoms with van der Waals surface area (Å²) >= 11 is 0. The van der Waals surface area contributed by atoms with E-state index in [-0.39, 0.29) is 35.6 Å². The van der Waals surface area contributed by atoms with E-state index in [0.717, 1.165) is 31.0 Å². The van der Waals surface area contributed by atoms with Crippen LogP contribution in [0.2, 0.25) is 0 Å². The number of hydrogen-bond acceptors (Lipinski definition) is 5. The van der Waals surface area contributed by atoms with Gasteiger partial charge in [0.1, 0.15) is 11.4 Å². The average Bonchev–Trinajstić information content (AvgIpc) is 3.27. The van der Waals surface area contributed by atoms with Crippen LogP contribution in [0.3, 0.4) is 0 Å². The maximum Gasteiger partial charge on any atom is 0.223 e. The van der Waals surface area contributed by atoms with Crippen LogP contribution in [0.1, 0.15) is 55.4 Å². The third-order valence-corrected chi connectivity index (χ3v) is 5.23. The Labute approximate surface area is 176 Å². The van der Waals surface area contributed by atoms with E-state index in [1.54, 1.807) is 14.0 Å². The van der Waals surface area contributed by atoms with Crippen molar-refractivity contribution in [3.8, 4) is 5.75 Å². The number of aryl methyl sites for hydroxylation is 1. The van der Waals surface area contributed by atoms with E-state index in [1.807, 2.05) is 6.07 Å². The van der Waals surface area contributed by atoms with Gasteiger partial charge in [-0.05, 0) is 31.7 Å². The number of para-hydroxylation sites is 1. The highest BCUT2D eigenvalue weighted by Gasteiger charge is 2.43. The summed E-state index contributed by atoms with van der Waals surface area (Å²) in [5.74, 6) is 2.89. The van der Waals surface area contributed by atoms with Gasteiger partial charge in [-0.15, -0.1) is 24.0 Å². The van der Waals surface area contributed by atoms with Gasteiger partial charge in [0.15, 0.2) is 11.8 Å². The summed E-state index contributed by atoms with van der Waals surface area (Å²) in [5.41, 5.74) is 1.14. The molecule has 4 rings (SSSR count). The molecule has 2 aromatic rings. The molecular formula is C19H26IN5O2. The van der Waals surface area contributed by atoms with Gasteiger partial charge in [0.2, 0.25) is 5.89 Å². The van der Waals surface area contributed by atoms with E-state index in [1.165, 1.54) is 18.4 Å². The molecule has 1 aliphatic carbocycles. The predicted molar refractivity (Wildman–Crippen MR) is 113 cm³/mol. The highest BCUT2D eigenvalue weighted by molar-refractivity contribution is 14.0. The molecule has 2 aliphatic rings. The Morgan fingerprint density at radius 1 is 1.30 bits per heavy atom. The SMILES string of the molecule is CN=C(NCc1noc(C)n1)NC1CC2(CCCC2)Oc2ccccc21.I. The number of rotatable bonds is 3. The minimum absolute atomic E-state index is 0. The number of guanidine groups is 1. The van der Waals surface area contributed by atoms with E-state index in [2.05, 4.69) is 44.0 Å². The molecule has 1 atom stereocenters. The van der Waals surface area contributed by atoms with Crippen molar-refractivity contribution in [3.05, 3.63) is 41.5 Å². The number of nitrogens with zero attached hydrogens (tertiary/aromatic N) is 3. The molecule has 1 spiro atoms. The molecule has 7 nitrogen and oxygen atoms in total. The maximum absolute atomic E-state index is 6.43. The zero-order valence-corrected chi connectivity index (χ0v) is 18.0. The van der Waals surface area contributed by atoms with Crippen molar-refractivity contribution in [1.82, 2.24) is 20.8 Å². The molecule has 1 aliphatic heterocycles. The molecule has 146 valence electrons. The van der Waals surface area contributed by atoms with Crippen LogP contribution in [-0.2, 0) is 6.54 Å². The van der Waals surface area contributed by atoms with Gasteiger partial charge in [0, 0.05) is 26.0 Å². The smallest absolute Gasteiger partial charge is 0.223 e. The number of ether oxygens (including phenoxy) is 1. The van der Waals surface area contributed by atoms with E-state index >= 15 is 0 Å². The Morgan fingerprint density at radius 3 is 2.78 bits per heavy atom. The molecule has 8 heteroatoms. The Balaban J connectivity index is 0.00000210. The lowest BCUT2D eigenvalue weighted by atomic mass is 9.86. The molecule has 0 bridgehead atoms. The predicted octanol–water partition coefficient (Wildman–Crippen LogP) is 3.50. The normalized spacial score (nSPS) is 20.5. The molecule has 0 radical (unpaired) electrons. The van der Waals surface area contributed by atoms with Crippen LogP contribution in [0, 0.1) is 6.92 Å². The summed E-state index contributed by atoms with van der Waals surface area (Å²) in [6.45, 7) is 2.25. The summed E-state index contributed by atoms with van der Waals surface area (Å²) in [5, 5.41) is 10.7. The third kappa shape index (κ3) is 4.36. The van der Waals surface area contributed by atoms with Crippen molar-refractivity contribution in [2.75, 3.05) is 7.05 Å². The number of hydrogen-bond donors (Lipinski definition) is 2.